The molecule has 0 bridgehead atoms. The minimum atomic E-state index is 0. The van der Waals surface area contributed by atoms with Gasteiger partial charge in [-0.1, -0.05) is 24.4 Å². The van der Waals surface area contributed by atoms with Crippen molar-refractivity contribution in [1.82, 2.24) is 9.80 Å². The summed E-state index contributed by atoms with van der Waals surface area (Å²) in [5.41, 5.74) is 0. The average Bonchev–Trinajstić information content (AvgIpc) is 2.29. The van der Waals surface area contributed by atoms with Crippen molar-refractivity contribution in [3.63, 3.8) is 0 Å². The van der Waals surface area contributed by atoms with Gasteiger partial charge >= 0.3 is 23.1 Å². The second kappa shape index (κ2) is 14.6. The van der Waals surface area contributed by atoms with E-state index in [1.807, 2.05) is 0 Å². The van der Waals surface area contributed by atoms with E-state index in [0.29, 0.717) is 0 Å². The zero-order valence-electron chi connectivity index (χ0n) is 11.5. The van der Waals surface area contributed by atoms with Crippen LogP contribution in [0.4, 0.5) is 0 Å². The van der Waals surface area contributed by atoms with Crippen molar-refractivity contribution >= 4 is 77.7 Å². The molecule has 18 heavy (non-hydrogen) atoms. The van der Waals surface area contributed by atoms with Crippen LogP contribution in [0.15, 0.2) is 0 Å². The van der Waals surface area contributed by atoms with Gasteiger partial charge < -0.3 is 15.3 Å². The molecule has 0 aromatic rings. The van der Waals surface area contributed by atoms with Crippen molar-refractivity contribution in [3.8, 4) is 0 Å². The molecule has 0 aromatic carbocycles. The van der Waals surface area contributed by atoms with E-state index in [9.17, 15) is 0 Å². The first-order valence-electron chi connectivity index (χ1n) is 5.52. The molecular formula is C10H20MgN2OS4. The van der Waals surface area contributed by atoms with Crippen LogP contribution in [0.25, 0.3) is 0 Å². The third-order valence-corrected chi connectivity index (χ3v) is 5.96. The Morgan fingerprint density at radius 2 is 1.00 bits per heavy atom. The fourth-order valence-electron chi connectivity index (χ4n) is 1.14. The summed E-state index contributed by atoms with van der Waals surface area (Å²) in [4.78, 5) is 4.33. The summed E-state index contributed by atoms with van der Waals surface area (Å²) in [7, 11) is 3.18. The van der Waals surface area contributed by atoms with Gasteiger partial charge in [-0.2, -0.15) is 0 Å². The fourth-order valence-corrected chi connectivity index (χ4v) is 4.20. The Labute approximate surface area is 146 Å². The molecule has 0 heterocycles. The summed E-state index contributed by atoms with van der Waals surface area (Å²) in [6.45, 7) is 12.3. The molecule has 0 amide bonds. The van der Waals surface area contributed by atoms with Crippen molar-refractivity contribution in [3.05, 3.63) is 0 Å². The second-order valence-corrected chi connectivity index (χ2v) is 6.44. The Kier molecular flexibility index (Phi) is 19.7. The molecule has 102 valence electrons. The Balaban J connectivity index is -0.00000112. The molecule has 0 aliphatic heterocycles. The van der Waals surface area contributed by atoms with Gasteiger partial charge in [0.15, 0.2) is 0 Å². The smallest absolute Gasteiger partial charge is 2.00 e. The van der Waals surface area contributed by atoms with Crippen LogP contribution in [-0.2, 0) is 5.48 Å². The van der Waals surface area contributed by atoms with E-state index in [4.69, 9.17) is 24.4 Å². The van der Waals surface area contributed by atoms with Crippen molar-refractivity contribution < 1.29 is 5.48 Å². The quantitative estimate of drug-likeness (QED) is 0.446. The molecule has 0 aliphatic carbocycles. The molecule has 0 saturated heterocycles. The summed E-state index contributed by atoms with van der Waals surface area (Å²) < 4.78 is 1.84. The Bertz CT molecular complexity index is 212. The van der Waals surface area contributed by atoms with Crippen LogP contribution in [0, 0.1) is 0 Å². The van der Waals surface area contributed by atoms with Crippen LogP contribution in [0.3, 0.4) is 0 Å². The van der Waals surface area contributed by atoms with E-state index in [2.05, 4.69) is 37.5 Å². The SMILES string of the molecule is CCN(CC)C(=S)SSC(=S)N(CC)CC.[Mg+2].[O-2]. The maximum absolute atomic E-state index is 5.34. The van der Waals surface area contributed by atoms with Crippen LogP contribution in [0.1, 0.15) is 27.7 Å². The molecule has 8 heteroatoms. The third kappa shape index (κ3) is 9.16. The molecule has 0 radical (unpaired) electrons. The van der Waals surface area contributed by atoms with E-state index in [0.717, 1.165) is 34.8 Å². The van der Waals surface area contributed by atoms with Crippen molar-refractivity contribution in [2.75, 3.05) is 26.2 Å². The minimum absolute atomic E-state index is 0. The number of hydrogen-bond donors (Lipinski definition) is 0. The molecule has 0 spiro atoms. The Morgan fingerprint density at radius 3 is 1.17 bits per heavy atom. The van der Waals surface area contributed by atoms with Gasteiger partial charge in [0, 0.05) is 26.2 Å². The first-order chi connectivity index (χ1) is 7.60. The van der Waals surface area contributed by atoms with Gasteiger partial charge in [-0.3, -0.25) is 0 Å². The summed E-state index contributed by atoms with van der Waals surface area (Å²) in [5, 5.41) is 0. The number of hydrogen-bond acceptors (Lipinski definition) is 4. The molecule has 0 rings (SSSR count). The van der Waals surface area contributed by atoms with Crippen LogP contribution in [-0.4, -0.2) is 67.7 Å². The van der Waals surface area contributed by atoms with Gasteiger partial charge in [0.2, 0.25) is 0 Å². The maximum Gasteiger partial charge on any atom is 2.00 e. The number of nitrogens with zero attached hydrogens (tertiary/aromatic N) is 2. The van der Waals surface area contributed by atoms with Gasteiger partial charge in [-0.15, -0.1) is 0 Å². The van der Waals surface area contributed by atoms with Crippen LogP contribution < -0.4 is 0 Å². The van der Waals surface area contributed by atoms with Crippen molar-refractivity contribution in [2.24, 2.45) is 0 Å². The molecule has 0 saturated carbocycles. The Hall–Kier alpha value is 1.21. The van der Waals surface area contributed by atoms with E-state index < -0.39 is 0 Å². The van der Waals surface area contributed by atoms with Crippen LogP contribution >= 0.6 is 46.0 Å². The van der Waals surface area contributed by atoms with Gasteiger partial charge in [-0.05, 0) is 49.3 Å². The van der Waals surface area contributed by atoms with E-state index >= 15 is 0 Å². The van der Waals surface area contributed by atoms with Gasteiger partial charge in [0.25, 0.3) is 0 Å². The summed E-state index contributed by atoms with van der Waals surface area (Å²) >= 11 is 10.7. The average molecular weight is 337 g/mol. The molecule has 0 fully saturated rings. The predicted molar refractivity (Wildman–Crippen MR) is 92.7 cm³/mol. The fraction of sp³-hybridized carbons (Fsp3) is 0.800. The van der Waals surface area contributed by atoms with E-state index in [1.54, 1.807) is 21.6 Å². The van der Waals surface area contributed by atoms with Crippen molar-refractivity contribution in [2.45, 2.75) is 27.7 Å². The number of rotatable bonds is 4. The van der Waals surface area contributed by atoms with E-state index in [-0.39, 0.29) is 28.5 Å². The van der Waals surface area contributed by atoms with Crippen molar-refractivity contribution in [1.29, 1.82) is 0 Å². The molecular weight excluding hydrogens is 317 g/mol. The second-order valence-electron chi connectivity index (χ2n) is 3.04. The Morgan fingerprint density at radius 1 is 0.778 bits per heavy atom. The normalized spacial score (nSPS) is 8.89. The zero-order chi connectivity index (χ0) is 12.6. The predicted octanol–water partition coefficient (Wildman–Crippen LogP) is 3.12. The molecule has 0 N–H and O–H groups in total. The summed E-state index contributed by atoms with van der Waals surface area (Å²) in [6, 6.07) is 0. The minimum Gasteiger partial charge on any atom is -2.00 e. The molecule has 0 atom stereocenters. The van der Waals surface area contributed by atoms with Crippen LogP contribution in [0.5, 0.6) is 0 Å². The summed E-state index contributed by atoms with van der Waals surface area (Å²) in [6.07, 6.45) is 0. The van der Waals surface area contributed by atoms with Crippen LogP contribution in [0.2, 0.25) is 0 Å². The zero-order valence-corrected chi connectivity index (χ0v) is 16.2. The third-order valence-electron chi connectivity index (χ3n) is 2.23. The van der Waals surface area contributed by atoms with Gasteiger partial charge in [-0.25, -0.2) is 0 Å². The first-order valence-corrected chi connectivity index (χ1v) is 8.49. The topological polar surface area (TPSA) is 35.0 Å². The van der Waals surface area contributed by atoms with Gasteiger partial charge in [0.05, 0.1) is 0 Å². The largest absolute Gasteiger partial charge is 2.00 e. The standard InChI is InChI=1S/C10H20N2S4.Mg.O/c1-5-11(6-2)9(13)15-16-10(14)12(7-3)8-4;;/h5-8H2,1-4H3;;/q;+2;-2. The summed E-state index contributed by atoms with van der Waals surface area (Å²) in [5.74, 6) is 0. The first kappa shape index (κ1) is 24.2. The molecule has 0 aromatic heterocycles. The molecule has 3 nitrogen and oxygen atoms in total. The van der Waals surface area contributed by atoms with E-state index in [1.165, 1.54) is 0 Å². The number of thiocarbonyl (C=S) groups is 2. The maximum atomic E-state index is 5.34. The monoisotopic (exact) mass is 336 g/mol. The molecule has 0 aliphatic rings. The van der Waals surface area contributed by atoms with Gasteiger partial charge in [0.1, 0.15) is 8.64 Å². The molecule has 0 unspecified atom stereocenters.